The number of carbonyl (C=O) groups is 1. The summed E-state index contributed by atoms with van der Waals surface area (Å²) in [7, 11) is 1.75. The van der Waals surface area contributed by atoms with Gasteiger partial charge in [-0.15, -0.1) is 0 Å². The van der Waals surface area contributed by atoms with Crippen LogP contribution in [0.5, 0.6) is 0 Å². The van der Waals surface area contributed by atoms with Gasteiger partial charge in [0.2, 0.25) is 0 Å². The van der Waals surface area contributed by atoms with Crippen molar-refractivity contribution < 1.29 is 9.90 Å². The number of benzene rings is 1. The molecule has 2 N–H and O–H groups in total. The van der Waals surface area contributed by atoms with Crippen molar-refractivity contribution in [3.8, 4) is 0 Å². The van der Waals surface area contributed by atoms with Crippen molar-refractivity contribution in [1.82, 2.24) is 15.1 Å². The summed E-state index contributed by atoms with van der Waals surface area (Å²) in [5, 5.41) is 16.5. The first-order valence-corrected chi connectivity index (χ1v) is 5.66. The highest BCUT2D eigenvalue weighted by molar-refractivity contribution is 5.93. The lowest BCUT2D eigenvalue weighted by atomic mass is 10.1. The summed E-state index contributed by atoms with van der Waals surface area (Å²) in [6.45, 7) is 0.178. The third-order valence-corrected chi connectivity index (χ3v) is 2.61. The lowest BCUT2D eigenvalue weighted by Gasteiger charge is -2.11. The molecular formula is C13H15N3O2. The zero-order chi connectivity index (χ0) is 13.0. The number of amides is 1. The van der Waals surface area contributed by atoms with E-state index in [0.717, 1.165) is 5.56 Å². The van der Waals surface area contributed by atoms with Gasteiger partial charge >= 0.3 is 0 Å². The number of nitrogens with one attached hydrogen (secondary N) is 1. The molecule has 1 aromatic heterocycles. The summed E-state index contributed by atoms with van der Waals surface area (Å²) >= 11 is 0. The molecule has 1 heterocycles. The zero-order valence-electron chi connectivity index (χ0n) is 10.1. The molecule has 0 fully saturated rings. The first-order chi connectivity index (χ1) is 8.66. The molecule has 0 saturated heterocycles. The average Bonchev–Trinajstić information content (AvgIpc) is 2.83. The molecule has 0 bridgehead atoms. The van der Waals surface area contributed by atoms with E-state index in [-0.39, 0.29) is 12.5 Å². The molecule has 0 spiro atoms. The van der Waals surface area contributed by atoms with Crippen LogP contribution in [0.1, 0.15) is 22.0 Å². The van der Waals surface area contributed by atoms with Gasteiger partial charge in [-0.3, -0.25) is 9.48 Å². The Morgan fingerprint density at radius 3 is 2.78 bits per heavy atom. The number of aliphatic hydroxyl groups is 1. The van der Waals surface area contributed by atoms with Gasteiger partial charge in [-0.1, -0.05) is 30.3 Å². The second-order valence-electron chi connectivity index (χ2n) is 4.04. The number of hydrogen-bond acceptors (Lipinski definition) is 3. The van der Waals surface area contributed by atoms with Crippen LogP contribution in [0.2, 0.25) is 0 Å². The standard InChI is InChI=1S/C13H15N3O2/c1-16-9-11(7-15-16)13(18)14-8-12(17)10-5-3-2-4-6-10/h2-7,9,12,17H,8H2,1H3,(H,14,18). The van der Waals surface area contributed by atoms with Crippen LogP contribution < -0.4 is 5.32 Å². The molecule has 5 heteroatoms. The fourth-order valence-corrected chi connectivity index (χ4v) is 1.62. The van der Waals surface area contributed by atoms with Gasteiger partial charge in [0, 0.05) is 19.8 Å². The van der Waals surface area contributed by atoms with Gasteiger partial charge in [-0.05, 0) is 5.56 Å². The van der Waals surface area contributed by atoms with Gasteiger partial charge in [0.05, 0.1) is 17.9 Å². The van der Waals surface area contributed by atoms with Crippen molar-refractivity contribution in [3.63, 3.8) is 0 Å². The highest BCUT2D eigenvalue weighted by atomic mass is 16.3. The van der Waals surface area contributed by atoms with E-state index in [1.54, 1.807) is 17.9 Å². The SMILES string of the molecule is Cn1cc(C(=O)NCC(O)c2ccccc2)cn1. The number of hydrogen-bond donors (Lipinski definition) is 2. The molecule has 1 atom stereocenters. The van der Waals surface area contributed by atoms with Crippen LogP contribution in [-0.4, -0.2) is 27.3 Å². The smallest absolute Gasteiger partial charge is 0.254 e. The maximum absolute atomic E-state index is 11.7. The van der Waals surface area contributed by atoms with E-state index in [4.69, 9.17) is 0 Å². The molecule has 94 valence electrons. The van der Waals surface area contributed by atoms with Crippen molar-refractivity contribution in [2.75, 3.05) is 6.54 Å². The van der Waals surface area contributed by atoms with Crippen molar-refractivity contribution in [2.24, 2.45) is 7.05 Å². The second-order valence-corrected chi connectivity index (χ2v) is 4.04. The minimum absolute atomic E-state index is 0.178. The number of rotatable bonds is 4. The highest BCUT2D eigenvalue weighted by Crippen LogP contribution is 2.10. The van der Waals surface area contributed by atoms with Crippen molar-refractivity contribution in [3.05, 3.63) is 53.9 Å². The predicted molar refractivity (Wildman–Crippen MR) is 66.9 cm³/mol. The molecule has 0 aliphatic heterocycles. The molecule has 1 aromatic carbocycles. The molecule has 5 nitrogen and oxygen atoms in total. The Balaban J connectivity index is 1.90. The first-order valence-electron chi connectivity index (χ1n) is 5.66. The lowest BCUT2D eigenvalue weighted by molar-refractivity contribution is 0.0916. The number of aliphatic hydroxyl groups excluding tert-OH is 1. The molecule has 1 amide bonds. The molecule has 2 aromatic rings. The molecular weight excluding hydrogens is 230 g/mol. The Kier molecular flexibility index (Phi) is 3.74. The van der Waals surface area contributed by atoms with Gasteiger partial charge in [0.1, 0.15) is 0 Å². The van der Waals surface area contributed by atoms with E-state index >= 15 is 0 Å². The Morgan fingerprint density at radius 2 is 2.17 bits per heavy atom. The highest BCUT2D eigenvalue weighted by Gasteiger charge is 2.11. The summed E-state index contributed by atoms with van der Waals surface area (Å²) in [6.07, 6.45) is 2.42. The van der Waals surface area contributed by atoms with Gasteiger partial charge in [-0.2, -0.15) is 5.10 Å². The summed E-state index contributed by atoms with van der Waals surface area (Å²) in [5.74, 6) is -0.238. The summed E-state index contributed by atoms with van der Waals surface area (Å²) in [6, 6.07) is 9.22. The zero-order valence-corrected chi connectivity index (χ0v) is 10.1. The largest absolute Gasteiger partial charge is 0.387 e. The molecule has 0 saturated carbocycles. The Labute approximate surface area is 105 Å². The molecule has 0 radical (unpaired) electrons. The third-order valence-electron chi connectivity index (χ3n) is 2.61. The van der Waals surface area contributed by atoms with Gasteiger partial charge in [-0.25, -0.2) is 0 Å². The van der Waals surface area contributed by atoms with Crippen molar-refractivity contribution >= 4 is 5.91 Å². The van der Waals surface area contributed by atoms with Crippen LogP contribution in [0.4, 0.5) is 0 Å². The van der Waals surface area contributed by atoms with Gasteiger partial charge in [0.25, 0.3) is 5.91 Å². The van der Waals surface area contributed by atoms with Crippen LogP contribution in [0.15, 0.2) is 42.7 Å². The van der Waals surface area contributed by atoms with E-state index in [0.29, 0.717) is 5.56 Å². The van der Waals surface area contributed by atoms with E-state index in [1.807, 2.05) is 30.3 Å². The van der Waals surface area contributed by atoms with E-state index in [1.165, 1.54) is 6.20 Å². The fraction of sp³-hybridized carbons (Fsp3) is 0.231. The van der Waals surface area contributed by atoms with E-state index < -0.39 is 6.10 Å². The minimum Gasteiger partial charge on any atom is -0.387 e. The minimum atomic E-state index is -0.702. The topological polar surface area (TPSA) is 67.2 Å². The summed E-state index contributed by atoms with van der Waals surface area (Å²) < 4.78 is 1.56. The van der Waals surface area contributed by atoms with Gasteiger partial charge < -0.3 is 10.4 Å². The maximum Gasteiger partial charge on any atom is 0.254 e. The Bertz CT molecular complexity index is 522. The second kappa shape index (κ2) is 5.46. The van der Waals surface area contributed by atoms with Gasteiger partial charge in [0.15, 0.2) is 0 Å². The molecule has 0 aliphatic carbocycles. The quantitative estimate of drug-likeness (QED) is 0.840. The molecule has 1 unspecified atom stereocenters. The number of carbonyl (C=O) groups excluding carboxylic acids is 1. The summed E-state index contributed by atoms with van der Waals surface area (Å²) in [4.78, 5) is 11.7. The number of aryl methyl sites for hydroxylation is 1. The van der Waals surface area contributed by atoms with E-state index in [2.05, 4.69) is 10.4 Å². The predicted octanol–water partition coefficient (Wildman–Crippen LogP) is 0.884. The van der Waals surface area contributed by atoms with Crippen LogP contribution in [0.3, 0.4) is 0 Å². The monoisotopic (exact) mass is 245 g/mol. The average molecular weight is 245 g/mol. The third kappa shape index (κ3) is 2.95. The molecule has 18 heavy (non-hydrogen) atoms. The van der Waals surface area contributed by atoms with Crippen LogP contribution >= 0.6 is 0 Å². The van der Waals surface area contributed by atoms with Crippen LogP contribution in [-0.2, 0) is 7.05 Å². The van der Waals surface area contributed by atoms with E-state index in [9.17, 15) is 9.90 Å². The van der Waals surface area contributed by atoms with Crippen molar-refractivity contribution in [1.29, 1.82) is 0 Å². The number of nitrogens with zero attached hydrogens (tertiary/aromatic N) is 2. The fourth-order valence-electron chi connectivity index (χ4n) is 1.62. The lowest BCUT2D eigenvalue weighted by Crippen LogP contribution is -2.28. The maximum atomic E-state index is 11.7. The van der Waals surface area contributed by atoms with Crippen LogP contribution in [0.25, 0.3) is 0 Å². The number of aromatic nitrogens is 2. The Hall–Kier alpha value is -2.14. The van der Waals surface area contributed by atoms with Crippen molar-refractivity contribution in [2.45, 2.75) is 6.10 Å². The molecule has 0 aliphatic rings. The van der Waals surface area contributed by atoms with Crippen LogP contribution in [0, 0.1) is 0 Å². The Morgan fingerprint density at radius 1 is 1.44 bits per heavy atom. The molecule has 2 rings (SSSR count). The summed E-state index contributed by atoms with van der Waals surface area (Å²) in [5.41, 5.74) is 1.27. The normalized spacial score (nSPS) is 12.1. The first kappa shape index (κ1) is 12.3.